The van der Waals surface area contributed by atoms with Crippen molar-refractivity contribution in [3.05, 3.63) is 52.8 Å². The van der Waals surface area contributed by atoms with Gasteiger partial charge in [-0.05, 0) is 24.6 Å². The van der Waals surface area contributed by atoms with Crippen LogP contribution in [0.25, 0.3) is 22.0 Å². The van der Waals surface area contributed by atoms with Gasteiger partial charge < -0.3 is 9.15 Å². The summed E-state index contributed by atoms with van der Waals surface area (Å²) in [6, 6.07) is 6.80. The highest BCUT2D eigenvalue weighted by molar-refractivity contribution is 5.82. The molecule has 7 nitrogen and oxygen atoms in total. The molecule has 7 heteroatoms. The van der Waals surface area contributed by atoms with Crippen molar-refractivity contribution >= 4 is 22.0 Å². The van der Waals surface area contributed by atoms with Crippen LogP contribution in [0.1, 0.15) is 5.56 Å². The molecule has 4 aromatic rings. The SMILES string of the molecule is Cc1cc(=O)oc2cc(Oc3ncnc4c3cnn4C)ccc12. The van der Waals surface area contributed by atoms with Crippen molar-refractivity contribution < 1.29 is 9.15 Å². The van der Waals surface area contributed by atoms with E-state index in [1.807, 2.05) is 13.0 Å². The maximum atomic E-state index is 11.5. The van der Waals surface area contributed by atoms with E-state index in [-0.39, 0.29) is 5.63 Å². The molecule has 0 atom stereocenters. The molecule has 0 radical (unpaired) electrons. The standard InChI is InChI=1S/C16H12N4O3/c1-9-5-14(21)23-13-6-10(3-4-11(9)13)22-16-12-7-19-20(2)15(12)17-8-18-16/h3-8H,1-2H3. The summed E-state index contributed by atoms with van der Waals surface area (Å²) < 4.78 is 12.7. The summed E-state index contributed by atoms with van der Waals surface area (Å²) in [5, 5.41) is 5.72. The molecule has 0 aliphatic carbocycles. The van der Waals surface area contributed by atoms with Crippen LogP contribution in [0.15, 0.2) is 46.0 Å². The maximum absolute atomic E-state index is 11.5. The Morgan fingerprint density at radius 1 is 1.17 bits per heavy atom. The summed E-state index contributed by atoms with van der Waals surface area (Å²) in [6.45, 7) is 1.86. The monoisotopic (exact) mass is 308 g/mol. The number of aromatic nitrogens is 4. The largest absolute Gasteiger partial charge is 0.438 e. The molecule has 4 rings (SSSR count). The average molecular weight is 308 g/mol. The second kappa shape index (κ2) is 4.91. The highest BCUT2D eigenvalue weighted by atomic mass is 16.5. The van der Waals surface area contributed by atoms with Gasteiger partial charge in [0.15, 0.2) is 5.65 Å². The molecule has 3 aromatic heterocycles. The molecule has 114 valence electrons. The highest BCUT2D eigenvalue weighted by Gasteiger charge is 2.11. The Labute approximate surface area is 130 Å². The van der Waals surface area contributed by atoms with Gasteiger partial charge in [0.25, 0.3) is 0 Å². The van der Waals surface area contributed by atoms with Gasteiger partial charge >= 0.3 is 5.63 Å². The second-order valence-corrected chi connectivity index (χ2v) is 5.19. The number of hydrogen-bond donors (Lipinski definition) is 0. The summed E-state index contributed by atoms with van der Waals surface area (Å²) in [5.41, 5.74) is 1.63. The van der Waals surface area contributed by atoms with E-state index in [1.165, 1.54) is 12.4 Å². The van der Waals surface area contributed by atoms with Crippen LogP contribution in [0, 0.1) is 6.92 Å². The van der Waals surface area contributed by atoms with Crippen LogP contribution in [0.4, 0.5) is 0 Å². The molecule has 0 saturated carbocycles. The third-order valence-corrected chi connectivity index (χ3v) is 3.63. The van der Waals surface area contributed by atoms with Gasteiger partial charge in [0.2, 0.25) is 5.88 Å². The van der Waals surface area contributed by atoms with E-state index < -0.39 is 0 Å². The van der Waals surface area contributed by atoms with Crippen molar-refractivity contribution in [2.75, 3.05) is 0 Å². The molecule has 1 aromatic carbocycles. The minimum atomic E-state index is -0.385. The number of fused-ring (bicyclic) bond motifs is 2. The van der Waals surface area contributed by atoms with E-state index in [2.05, 4.69) is 15.1 Å². The Balaban J connectivity index is 1.81. The highest BCUT2D eigenvalue weighted by Crippen LogP contribution is 2.28. The maximum Gasteiger partial charge on any atom is 0.336 e. The Kier molecular flexibility index (Phi) is 2.87. The summed E-state index contributed by atoms with van der Waals surface area (Å²) >= 11 is 0. The predicted molar refractivity (Wildman–Crippen MR) is 83.6 cm³/mol. The quantitative estimate of drug-likeness (QED) is 0.529. The summed E-state index contributed by atoms with van der Waals surface area (Å²) in [5.74, 6) is 0.924. The summed E-state index contributed by atoms with van der Waals surface area (Å²) in [6.07, 6.45) is 3.07. The molecule has 0 unspecified atom stereocenters. The average Bonchev–Trinajstić information content (AvgIpc) is 2.89. The van der Waals surface area contributed by atoms with E-state index in [0.29, 0.717) is 28.2 Å². The van der Waals surface area contributed by atoms with Crippen molar-refractivity contribution in [3.63, 3.8) is 0 Å². The van der Waals surface area contributed by atoms with E-state index >= 15 is 0 Å². The van der Waals surface area contributed by atoms with E-state index in [0.717, 1.165) is 10.9 Å². The molecule has 0 bridgehead atoms. The zero-order valence-corrected chi connectivity index (χ0v) is 12.5. The summed E-state index contributed by atoms with van der Waals surface area (Å²) in [7, 11) is 1.80. The molecule has 0 spiro atoms. The van der Waals surface area contributed by atoms with Gasteiger partial charge in [-0.25, -0.2) is 14.8 Å². The summed E-state index contributed by atoms with van der Waals surface area (Å²) in [4.78, 5) is 19.8. The lowest BCUT2D eigenvalue weighted by Gasteiger charge is -2.07. The third-order valence-electron chi connectivity index (χ3n) is 3.63. The second-order valence-electron chi connectivity index (χ2n) is 5.19. The Morgan fingerprint density at radius 3 is 2.91 bits per heavy atom. The number of ether oxygens (including phenoxy) is 1. The Hall–Kier alpha value is -3.22. The molecule has 0 saturated heterocycles. The first-order valence-electron chi connectivity index (χ1n) is 6.97. The molecule has 0 fully saturated rings. The van der Waals surface area contributed by atoms with Crippen molar-refractivity contribution in [1.29, 1.82) is 0 Å². The minimum absolute atomic E-state index is 0.385. The predicted octanol–water partition coefficient (Wildman–Crippen LogP) is 2.57. The molecule has 0 aliphatic heterocycles. The van der Waals surface area contributed by atoms with Gasteiger partial charge in [0.05, 0.1) is 6.20 Å². The van der Waals surface area contributed by atoms with Crippen LogP contribution >= 0.6 is 0 Å². The normalized spacial score (nSPS) is 11.2. The zero-order chi connectivity index (χ0) is 16.0. The van der Waals surface area contributed by atoms with Gasteiger partial charge in [-0.2, -0.15) is 5.10 Å². The van der Waals surface area contributed by atoms with E-state index in [4.69, 9.17) is 9.15 Å². The van der Waals surface area contributed by atoms with Crippen LogP contribution in [0.5, 0.6) is 11.6 Å². The number of rotatable bonds is 2. The van der Waals surface area contributed by atoms with Crippen LogP contribution in [-0.2, 0) is 7.05 Å². The number of hydrogen-bond acceptors (Lipinski definition) is 6. The topological polar surface area (TPSA) is 83.0 Å². The first-order valence-corrected chi connectivity index (χ1v) is 6.97. The molecule has 0 N–H and O–H groups in total. The Bertz CT molecular complexity index is 1100. The van der Waals surface area contributed by atoms with Crippen molar-refractivity contribution in [2.45, 2.75) is 6.92 Å². The fourth-order valence-corrected chi connectivity index (χ4v) is 2.50. The van der Waals surface area contributed by atoms with Crippen LogP contribution in [0.3, 0.4) is 0 Å². The number of aryl methyl sites for hydroxylation is 2. The smallest absolute Gasteiger partial charge is 0.336 e. The lowest BCUT2D eigenvalue weighted by atomic mass is 10.1. The van der Waals surface area contributed by atoms with E-state index in [1.54, 1.807) is 30.1 Å². The minimum Gasteiger partial charge on any atom is -0.438 e. The fraction of sp³-hybridized carbons (Fsp3) is 0.125. The number of benzene rings is 1. The first kappa shape index (κ1) is 13.4. The molecular formula is C16H12N4O3. The van der Waals surface area contributed by atoms with Crippen LogP contribution in [-0.4, -0.2) is 19.7 Å². The molecule has 0 amide bonds. The fourth-order valence-electron chi connectivity index (χ4n) is 2.50. The molecular weight excluding hydrogens is 296 g/mol. The molecule has 3 heterocycles. The van der Waals surface area contributed by atoms with Crippen molar-refractivity contribution in [1.82, 2.24) is 19.7 Å². The van der Waals surface area contributed by atoms with E-state index in [9.17, 15) is 4.79 Å². The lowest BCUT2D eigenvalue weighted by molar-refractivity contribution is 0.466. The zero-order valence-electron chi connectivity index (χ0n) is 12.5. The van der Waals surface area contributed by atoms with Crippen molar-refractivity contribution in [2.24, 2.45) is 7.05 Å². The van der Waals surface area contributed by atoms with Crippen LogP contribution in [0.2, 0.25) is 0 Å². The van der Waals surface area contributed by atoms with Gasteiger partial charge in [-0.15, -0.1) is 0 Å². The van der Waals surface area contributed by atoms with Gasteiger partial charge in [-0.1, -0.05) is 0 Å². The first-order chi connectivity index (χ1) is 11.1. The van der Waals surface area contributed by atoms with Gasteiger partial charge in [-0.3, -0.25) is 4.68 Å². The third kappa shape index (κ3) is 2.22. The van der Waals surface area contributed by atoms with Crippen LogP contribution < -0.4 is 10.4 Å². The number of nitrogens with zero attached hydrogens (tertiary/aromatic N) is 4. The molecule has 23 heavy (non-hydrogen) atoms. The van der Waals surface area contributed by atoms with Gasteiger partial charge in [0, 0.05) is 24.6 Å². The molecule has 0 aliphatic rings. The Morgan fingerprint density at radius 2 is 2.04 bits per heavy atom. The van der Waals surface area contributed by atoms with Gasteiger partial charge in [0.1, 0.15) is 23.0 Å². The van der Waals surface area contributed by atoms with Crippen molar-refractivity contribution in [3.8, 4) is 11.6 Å². The lowest BCUT2D eigenvalue weighted by Crippen LogP contribution is -1.98.